The van der Waals surface area contributed by atoms with Crippen LogP contribution in [-0.2, 0) is 14.6 Å². The van der Waals surface area contributed by atoms with Crippen LogP contribution in [-0.4, -0.2) is 33.4 Å². The molecule has 1 aromatic rings. The summed E-state index contributed by atoms with van der Waals surface area (Å²) in [4.78, 5) is 0.408. The van der Waals surface area contributed by atoms with Crippen LogP contribution >= 0.6 is 0 Å². The van der Waals surface area contributed by atoms with Gasteiger partial charge in [-0.15, -0.1) is 0 Å². The van der Waals surface area contributed by atoms with Gasteiger partial charge >= 0.3 is 0 Å². The van der Waals surface area contributed by atoms with Gasteiger partial charge in [0, 0.05) is 18.8 Å². The second kappa shape index (κ2) is 7.80. The molecular weight excluding hydrogens is 286 g/mol. The summed E-state index contributed by atoms with van der Waals surface area (Å²) in [6.07, 6.45) is 5.59. The van der Waals surface area contributed by atoms with Crippen molar-refractivity contribution in [3.8, 4) is 0 Å². The summed E-state index contributed by atoms with van der Waals surface area (Å²) < 4.78 is 29.5. The van der Waals surface area contributed by atoms with Gasteiger partial charge in [-0.05, 0) is 56.4 Å². The topological polar surface area (TPSA) is 55.4 Å². The Kier molecular flexibility index (Phi) is 6.06. The van der Waals surface area contributed by atoms with E-state index < -0.39 is 9.84 Å². The summed E-state index contributed by atoms with van der Waals surface area (Å²) in [7, 11) is -3.11. The zero-order chi connectivity index (χ0) is 15.1. The van der Waals surface area contributed by atoms with Crippen LogP contribution in [0.3, 0.4) is 0 Å². The maximum absolute atomic E-state index is 11.9. The van der Waals surface area contributed by atoms with E-state index in [1.807, 2.05) is 19.1 Å². The monoisotopic (exact) mass is 311 g/mol. The average Bonchev–Trinajstić information content (AvgIpc) is 2.49. The molecule has 5 heteroatoms. The van der Waals surface area contributed by atoms with E-state index in [1.165, 1.54) is 12.8 Å². The minimum atomic E-state index is -3.11. The fourth-order valence-corrected chi connectivity index (χ4v) is 3.90. The summed E-state index contributed by atoms with van der Waals surface area (Å²) in [5.41, 5.74) is 0.959. The second-order valence-electron chi connectivity index (χ2n) is 5.55. The molecule has 0 amide bonds. The molecule has 118 valence electrons. The fraction of sp³-hybridized carbons (Fsp3) is 0.625. The first-order valence-electron chi connectivity index (χ1n) is 7.80. The molecular formula is C16H25NO3S. The van der Waals surface area contributed by atoms with Crippen molar-refractivity contribution in [1.29, 1.82) is 0 Å². The zero-order valence-corrected chi connectivity index (χ0v) is 13.5. The molecule has 0 aliphatic carbocycles. The first-order valence-corrected chi connectivity index (χ1v) is 9.45. The number of nitrogens with one attached hydrogen (secondary N) is 1. The molecule has 0 saturated carbocycles. The lowest BCUT2D eigenvalue weighted by Crippen LogP contribution is -2.21. The molecule has 1 heterocycles. The third kappa shape index (κ3) is 5.00. The third-order valence-electron chi connectivity index (χ3n) is 3.76. The van der Waals surface area contributed by atoms with Crippen LogP contribution in [0.15, 0.2) is 29.2 Å². The predicted molar refractivity (Wildman–Crippen MR) is 85.5 cm³/mol. The highest BCUT2D eigenvalue weighted by Gasteiger charge is 2.14. The van der Waals surface area contributed by atoms with E-state index in [-0.39, 0.29) is 5.75 Å². The normalized spacial score (nSPS) is 19.4. The number of benzene rings is 1. The van der Waals surface area contributed by atoms with E-state index in [0.29, 0.717) is 17.4 Å². The van der Waals surface area contributed by atoms with Gasteiger partial charge in [0.25, 0.3) is 0 Å². The Morgan fingerprint density at radius 3 is 2.62 bits per heavy atom. The molecule has 0 bridgehead atoms. The average molecular weight is 311 g/mol. The third-order valence-corrected chi connectivity index (χ3v) is 5.69. The fourth-order valence-electron chi connectivity index (χ4n) is 2.58. The van der Waals surface area contributed by atoms with Gasteiger partial charge in [-0.25, -0.2) is 8.42 Å². The van der Waals surface area contributed by atoms with Crippen LogP contribution in [0.5, 0.6) is 0 Å². The Morgan fingerprint density at radius 2 is 2.00 bits per heavy atom. The standard InChI is InChI=1S/C16H25NO3S/c1-2-13-21(18,19)16-8-6-14(7-9-16)17-11-10-15-5-3-4-12-20-15/h6-9,15,17H,2-5,10-13H2,1H3. The highest BCUT2D eigenvalue weighted by Crippen LogP contribution is 2.18. The molecule has 1 N–H and O–H groups in total. The van der Waals surface area contributed by atoms with Crippen molar-refractivity contribution >= 4 is 15.5 Å². The number of hydrogen-bond acceptors (Lipinski definition) is 4. The van der Waals surface area contributed by atoms with Gasteiger partial charge in [-0.2, -0.15) is 0 Å². The number of anilines is 1. The van der Waals surface area contributed by atoms with Gasteiger partial charge in [0.2, 0.25) is 0 Å². The molecule has 2 rings (SSSR count). The molecule has 1 unspecified atom stereocenters. The Bertz CT molecular complexity index is 519. The summed E-state index contributed by atoms with van der Waals surface area (Å²) >= 11 is 0. The van der Waals surface area contributed by atoms with Crippen LogP contribution in [0.1, 0.15) is 39.0 Å². The molecule has 0 radical (unpaired) electrons. The van der Waals surface area contributed by atoms with E-state index in [0.717, 1.165) is 31.7 Å². The van der Waals surface area contributed by atoms with Gasteiger partial charge in [0.15, 0.2) is 9.84 Å². The number of rotatable bonds is 7. The smallest absolute Gasteiger partial charge is 0.178 e. The number of sulfone groups is 1. The van der Waals surface area contributed by atoms with E-state index in [4.69, 9.17) is 4.74 Å². The molecule has 1 atom stereocenters. The van der Waals surface area contributed by atoms with Crippen LogP contribution in [0.4, 0.5) is 5.69 Å². The molecule has 1 saturated heterocycles. The van der Waals surface area contributed by atoms with Crippen molar-refractivity contribution in [2.75, 3.05) is 24.2 Å². The molecule has 21 heavy (non-hydrogen) atoms. The van der Waals surface area contributed by atoms with Crippen molar-refractivity contribution in [3.05, 3.63) is 24.3 Å². The lowest BCUT2D eigenvalue weighted by atomic mass is 10.1. The highest BCUT2D eigenvalue weighted by atomic mass is 32.2. The number of ether oxygens (including phenoxy) is 1. The van der Waals surface area contributed by atoms with Gasteiger partial charge in [-0.3, -0.25) is 0 Å². The van der Waals surface area contributed by atoms with Crippen molar-refractivity contribution in [1.82, 2.24) is 0 Å². The first kappa shape index (κ1) is 16.3. The predicted octanol–water partition coefficient (Wildman–Crippen LogP) is 3.24. The van der Waals surface area contributed by atoms with Gasteiger partial charge in [-0.1, -0.05) is 6.92 Å². The van der Waals surface area contributed by atoms with Crippen LogP contribution in [0.25, 0.3) is 0 Å². The molecule has 0 aromatic heterocycles. The molecule has 1 aromatic carbocycles. The van der Waals surface area contributed by atoms with Crippen molar-refractivity contribution < 1.29 is 13.2 Å². The molecule has 0 spiro atoms. The van der Waals surface area contributed by atoms with E-state index >= 15 is 0 Å². The summed E-state index contributed by atoms with van der Waals surface area (Å²) in [6, 6.07) is 7.05. The molecule has 1 fully saturated rings. The Labute approximate surface area is 127 Å². The lowest BCUT2D eigenvalue weighted by Gasteiger charge is -2.22. The minimum Gasteiger partial charge on any atom is -0.385 e. The van der Waals surface area contributed by atoms with E-state index in [1.54, 1.807) is 12.1 Å². The maximum Gasteiger partial charge on any atom is 0.178 e. The van der Waals surface area contributed by atoms with Gasteiger partial charge in [0.05, 0.1) is 16.8 Å². The van der Waals surface area contributed by atoms with Crippen LogP contribution < -0.4 is 5.32 Å². The Balaban J connectivity index is 1.82. The minimum absolute atomic E-state index is 0.207. The van der Waals surface area contributed by atoms with E-state index in [9.17, 15) is 8.42 Å². The Morgan fingerprint density at radius 1 is 1.24 bits per heavy atom. The summed E-state index contributed by atoms with van der Waals surface area (Å²) in [5.74, 6) is 0.207. The van der Waals surface area contributed by atoms with Gasteiger partial charge < -0.3 is 10.1 Å². The molecule has 1 aliphatic rings. The summed E-state index contributed by atoms with van der Waals surface area (Å²) in [6.45, 7) is 3.61. The summed E-state index contributed by atoms with van der Waals surface area (Å²) in [5, 5.41) is 3.33. The van der Waals surface area contributed by atoms with Crippen molar-refractivity contribution in [3.63, 3.8) is 0 Å². The largest absolute Gasteiger partial charge is 0.385 e. The van der Waals surface area contributed by atoms with Crippen LogP contribution in [0.2, 0.25) is 0 Å². The SMILES string of the molecule is CCCS(=O)(=O)c1ccc(NCCC2CCCCO2)cc1. The zero-order valence-electron chi connectivity index (χ0n) is 12.7. The van der Waals surface area contributed by atoms with Crippen molar-refractivity contribution in [2.45, 2.75) is 50.0 Å². The van der Waals surface area contributed by atoms with E-state index in [2.05, 4.69) is 5.32 Å². The maximum atomic E-state index is 11.9. The number of hydrogen-bond donors (Lipinski definition) is 1. The van der Waals surface area contributed by atoms with Crippen molar-refractivity contribution in [2.24, 2.45) is 0 Å². The molecule has 1 aliphatic heterocycles. The van der Waals surface area contributed by atoms with Gasteiger partial charge in [0.1, 0.15) is 0 Å². The Hall–Kier alpha value is -1.07. The quantitative estimate of drug-likeness (QED) is 0.840. The molecule has 4 nitrogen and oxygen atoms in total. The van der Waals surface area contributed by atoms with Crippen LogP contribution in [0, 0.1) is 0 Å². The highest BCUT2D eigenvalue weighted by molar-refractivity contribution is 7.91. The first-order chi connectivity index (χ1) is 10.1. The lowest BCUT2D eigenvalue weighted by molar-refractivity contribution is 0.0134. The second-order valence-corrected chi connectivity index (χ2v) is 7.66.